The number of ether oxygens (including phenoxy) is 3. The van der Waals surface area contributed by atoms with Crippen LogP contribution in [-0.2, 0) is 35.2 Å². The molecular formula is C39H45N4O7+. The van der Waals surface area contributed by atoms with Gasteiger partial charge in [0.15, 0.2) is 0 Å². The maximum Gasteiger partial charge on any atom is 0.336 e. The highest BCUT2D eigenvalue weighted by molar-refractivity contribution is 6.02. The molecule has 0 unspecified atom stereocenters. The van der Waals surface area contributed by atoms with Crippen molar-refractivity contribution in [2.75, 3.05) is 70.6 Å². The van der Waals surface area contributed by atoms with E-state index in [4.69, 9.17) is 19.4 Å². The van der Waals surface area contributed by atoms with Crippen LogP contribution < -0.4 is 35.6 Å². The van der Waals surface area contributed by atoms with Crippen molar-refractivity contribution in [1.82, 2.24) is 15.4 Å². The molecule has 0 aliphatic carbocycles. The number of carbonyl (C=O) groups excluding carboxylic acids is 1. The number of carboxylic acid groups (broad SMARTS) is 1. The second-order valence-electron chi connectivity index (χ2n) is 13.8. The van der Waals surface area contributed by atoms with Gasteiger partial charge in [0.2, 0.25) is 5.36 Å². The van der Waals surface area contributed by atoms with E-state index in [0.717, 1.165) is 105 Å². The van der Waals surface area contributed by atoms with Crippen molar-refractivity contribution in [3.8, 4) is 11.5 Å². The smallest absolute Gasteiger partial charge is 0.336 e. The molecule has 0 saturated carbocycles. The van der Waals surface area contributed by atoms with Gasteiger partial charge in [-0.2, -0.15) is 0 Å². The van der Waals surface area contributed by atoms with E-state index in [-0.39, 0.29) is 11.5 Å². The van der Waals surface area contributed by atoms with E-state index >= 15 is 0 Å². The standard InChI is InChI=1S/C39H44N4O7/c44-38(40-11-17-48-19-20-49-18-12-41-47)26-9-10-27(39(45)46)30(23-26)33-31-21-24-5-1-13-42-15-3-7-28(34(24)42)36(31)50-37-29-8-4-16-43-14-2-6-25(35(29)43)22-32(33)37/h9-10,21-23,41,47H,1-8,11-20H2,(H-,40,44,45,46)/p+1. The predicted octanol–water partition coefficient (Wildman–Crippen LogP) is 2.56. The Bertz CT molecular complexity index is 1990. The molecular weight excluding hydrogens is 636 g/mol. The minimum Gasteiger partial charge on any atom is -0.478 e. The van der Waals surface area contributed by atoms with E-state index in [2.05, 4.69) is 26.9 Å². The molecule has 0 saturated heterocycles. The zero-order chi connectivity index (χ0) is 34.2. The highest BCUT2D eigenvalue weighted by Crippen LogP contribution is 2.48. The van der Waals surface area contributed by atoms with E-state index in [9.17, 15) is 14.7 Å². The normalized spacial score (nSPS) is 16.9. The monoisotopic (exact) mass is 681 g/mol. The number of amides is 1. The van der Waals surface area contributed by atoms with Gasteiger partial charge in [-0.15, -0.1) is 0 Å². The number of benzene rings is 3. The summed E-state index contributed by atoms with van der Waals surface area (Å²) in [5.41, 5.74) is 11.2. The molecule has 0 bridgehead atoms. The van der Waals surface area contributed by atoms with Crippen LogP contribution in [-0.4, -0.2) is 87.9 Å². The van der Waals surface area contributed by atoms with Crippen molar-refractivity contribution >= 4 is 23.1 Å². The van der Waals surface area contributed by atoms with Crippen LogP contribution >= 0.6 is 0 Å². The van der Waals surface area contributed by atoms with E-state index in [1.807, 2.05) is 5.48 Å². The minimum absolute atomic E-state index is 0.163. The summed E-state index contributed by atoms with van der Waals surface area (Å²) in [5.74, 6) is 0.372. The number of hydrogen-bond donors (Lipinski definition) is 4. The Morgan fingerprint density at radius 2 is 1.56 bits per heavy atom. The first-order valence-corrected chi connectivity index (χ1v) is 18.1. The third-order valence-electron chi connectivity index (χ3n) is 10.7. The maximum atomic E-state index is 13.5. The third kappa shape index (κ3) is 5.96. The predicted molar refractivity (Wildman–Crippen MR) is 187 cm³/mol. The maximum absolute atomic E-state index is 13.5. The zero-order valence-corrected chi connectivity index (χ0v) is 28.4. The van der Waals surface area contributed by atoms with Crippen LogP contribution in [0.4, 0.5) is 5.69 Å². The van der Waals surface area contributed by atoms with Crippen LogP contribution in [0.25, 0.3) is 5.57 Å². The van der Waals surface area contributed by atoms with Gasteiger partial charge in [-0.1, -0.05) is 0 Å². The molecule has 11 nitrogen and oxygen atoms in total. The number of fused-ring (bicyclic) bond motifs is 4. The van der Waals surface area contributed by atoms with E-state index in [0.29, 0.717) is 50.6 Å². The van der Waals surface area contributed by atoms with Crippen LogP contribution in [0.15, 0.2) is 30.3 Å². The molecule has 0 radical (unpaired) electrons. The van der Waals surface area contributed by atoms with Crippen molar-refractivity contribution < 1.29 is 34.1 Å². The lowest BCUT2D eigenvalue weighted by molar-refractivity contribution is 0.0377. The van der Waals surface area contributed by atoms with Gasteiger partial charge in [-0.3, -0.25) is 4.79 Å². The summed E-state index contributed by atoms with van der Waals surface area (Å²) in [6.07, 6.45) is 8.04. The van der Waals surface area contributed by atoms with Crippen molar-refractivity contribution in [3.05, 3.63) is 85.4 Å². The van der Waals surface area contributed by atoms with Gasteiger partial charge in [-0.25, -0.2) is 14.9 Å². The van der Waals surface area contributed by atoms with Crippen LogP contribution in [0, 0.1) is 0 Å². The van der Waals surface area contributed by atoms with Crippen LogP contribution in [0.5, 0.6) is 11.5 Å². The van der Waals surface area contributed by atoms with Gasteiger partial charge in [0, 0.05) is 77.8 Å². The number of nitrogens with one attached hydrogen (secondary N) is 2. The van der Waals surface area contributed by atoms with Crippen molar-refractivity contribution in [2.24, 2.45) is 0 Å². The molecule has 0 aromatic heterocycles. The molecule has 0 fully saturated rings. The van der Waals surface area contributed by atoms with E-state index in [1.54, 1.807) is 18.2 Å². The summed E-state index contributed by atoms with van der Waals surface area (Å²) < 4.78 is 20.5. The van der Waals surface area contributed by atoms with E-state index in [1.165, 1.54) is 33.3 Å². The second-order valence-corrected chi connectivity index (χ2v) is 13.8. The lowest BCUT2D eigenvalue weighted by atomic mass is 9.81. The number of anilines is 1. The first-order valence-electron chi connectivity index (χ1n) is 18.1. The van der Waals surface area contributed by atoms with Gasteiger partial charge in [0.05, 0.1) is 37.6 Å². The number of hydrogen-bond acceptors (Lipinski definition) is 8. The molecule has 3 aromatic rings. The van der Waals surface area contributed by atoms with Crippen LogP contribution in [0.1, 0.15) is 79.8 Å². The topological polar surface area (TPSA) is 133 Å². The molecule has 11 heteroatoms. The van der Waals surface area contributed by atoms with Crippen molar-refractivity contribution in [2.45, 2.75) is 51.4 Å². The Labute approximate surface area is 291 Å². The SMILES string of the molecule is O=C(NCCOCCOCCNO)c1ccc(C(=O)O)c(C2=c3cc4c5c(c3Oc3c2cc2c6c3CCCN6CCC2)CCC[N+]=5CCC4)c1. The molecule has 8 rings (SSSR count). The fourth-order valence-electron chi connectivity index (χ4n) is 8.66. The number of carboxylic acids is 1. The summed E-state index contributed by atoms with van der Waals surface area (Å²) in [6, 6.07) is 9.42. The fourth-order valence-corrected chi connectivity index (χ4v) is 8.66. The van der Waals surface area contributed by atoms with Crippen molar-refractivity contribution in [3.63, 3.8) is 0 Å². The van der Waals surface area contributed by atoms with Crippen LogP contribution in [0.2, 0.25) is 0 Å². The summed E-state index contributed by atoms with van der Waals surface area (Å²) in [5, 5.41) is 24.4. The Hall–Kier alpha value is -4.29. The number of nitrogens with zero attached hydrogens (tertiary/aromatic N) is 2. The van der Waals surface area contributed by atoms with Gasteiger partial charge in [-0.05, 0) is 80.0 Å². The Balaban J connectivity index is 1.24. The largest absolute Gasteiger partial charge is 0.478 e. The Morgan fingerprint density at radius 3 is 2.36 bits per heavy atom. The summed E-state index contributed by atoms with van der Waals surface area (Å²) in [6.45, 7) is 6.23. The lowest BCUT2D eigenvalue weighted by Crippen LogP contribution is -2.45. The van der Waals surface area contributed by atoms with Crippen LogP contribution in [0.3, 0.4) is 0 Å². The molecule has 1 amide bonds. The molecule has 0 spiro atoms. The van der Waals surface area contributed by atoms with Gasteiger partial charge >= 0.3 is 5.97 Å². The average Bonchev–Trinajstić information content (AvgIpc) is 3.13. The average molecular weight is 682 g/mol. The van der Waals surface area contributed by atoms with Crippen molar-refractivity contribution in [1.29, 1.82) is 0 Å². The van der Waals surface area contributed by atoms with E-state index < -0.39 is 5.97 Å². The molecule has 5 heterocycles. The quantitative estimate of drug-likeness (QED) is 0.101. The molecule has 0 atom stereocenters. The zero-order valence-electron chi connectivity index (χ0n) is 28.4. The molecule has 4 N–H and O–H groups in total. The fraction of sp³-hybridized carbons (Fsp3) is 0.462. The first-order chi connectivity index (χ1) is 24.5. The Kier molecular flexibility index (Phi) is 9.30. The lowest BCUT2D eigenvalue weighted by Gasteiger charge is -2.39. The molecule has 50 heavy (non-hydrogen) atoms. The molecule has 5 aliphatic rings. The summed E-state index contributed by atoms with van der Waals surface area (Å²) in [4.78, 5) is 29.0. The molecule has 3 aromatic carbocycles. The van der Waals surface area contributed by atoms with Gasteiger partial charge in [0.1, 0.15) is 24.6 Å². The minimum atomic E-state index is -1.03. The third-order valence-corrected chi connectivity index (χ3v) is 10.7. The Morgan fingerprint density at radius 1 is 0.820 bits per heavy atom. The molecule has 262 valence electrons. The number of carbonyl (C=O) groups is 2. The molecule has 5 aliphatic heterocycles. The number of aromatic carboxylic acids is 1. The highest BCUT2D eigenvalue weighted by Gasteiger charge is 2.36. The summed E-state index contributed by atoms with van der Waals surface area (Å²) >= 11 is 0. The van der Waals surface area contributed by atoms with Gasteiger partial charge < -0.3 is 34.7 Å². The second kappa shape index (κ2) is 14.1. The summed E-state index contributed by atoms with van der Waals surface area (Å²) in [7, 11) is 0. The number of hydroxylamine groups is 1. The first kappa shape index (κ1) is 32.9. The number of aryl methyl sites for hydroxylation is 2. The van der Waals surface area contributed by atoms with Gasteiger partial charge in [0.25, 0.3) is 5.91 Å². The highest BCUT2D eigenvalue weighted by atomic mass is 16.5. The number of rotatable bonds is 12.